The third-order valence-corrected chi connectivity index (χ3v) is 3.15. The Balaban J connectivity index is 2.07. The van der Waals surface area contributed by atoms with Gasteiger partial charge in [0.15, 0.2) is 0 Å². The van der Waals surface area contributed by atoms with Crippen LogP contribution in [0.5, 0.6) is 0 Å². The summed E-state index contributed by atoms with van der Waals surface area (Å²) in [6.07, 6.45) is 0. The molecule has 0 fully saturated rings. The van der Waals surface area contributed by atoms with E-state index in [4.69, 9.17) is 5.73 Å². The van der Waals surface area contributed by atoms with E-state index >= 15 is 0 Å². The molecule has 0 radical (unpaired) electrons. The predicted octanol–water partition coefficient (Wildman–Crippen LogP) is 2.33. The first kappa shape index (κ1) is 14.8. The summed E-state index contributed by atoms with van der Waals surface area (Å²) >= 11 is 0. The first-order chi connectivity index (χ1) is 9.95. The summed E-state index contributed by atoms with van der Waals surface area (Å²) in [6.45, 7) is 4.27. The molecule has 2 aromatic rings. The summed E-state index contributed by atoms with van der Waals surface area (Å²) in [4.78, 5) is 23.3. The molecule has 0 saturated heterocycles. The number of nitrogens with two attached hydrogens (primary N) is 1. The molecule has 0 heterocycles. The number of carbonyl (C=O) groups excluding carboxylic acids is 2. The van der Waals surface area contributed by atoms with E-state index in [1.807, 2.05) is 38.1 Å². The fourth-order valence-corrected chi connectivity index (χ4v) is 2.22. The highest BCUT2D eigenvalue weighted by atomic mass is 16.2. The van der Waals surface area contributed by atoms with E-state index in [1.54, 1.807) is 18.2 Å². The molecule has 0 aromatic heterocycles. The number of carbonyl (C=O) groups is 2. The molecule has 2 amide bonds. The Hall–Kier alpha value is -2.62. The van der Waals surface area contributed by atoms with E-state index in [2.05, 4.69) is 5.32 Å². The SMILES string of the molecule is Cc1cc(C)cc(C(=O)NCc2cccc(C(N)=O)c2)c1. The summed E-state index contributed by atoms with van der Waals surface area (Å²) in [5.41, 5.74) is 9.25. The fraction of sp³-hybridized carbons (Fsp3) is 0.176. The molecule has 2 aromatic carbocycles. The van der Waals surface area contributed by atoms with Crippen molar-refractivity contribution in [1.29, 1.82) is 0 Å². The summed E-state index contributed by atoms with van der Waals surface area (Å²) in [5.74, 6) is -0.608. The van der Waals surface area contributed by atoms with Crippen molar-refractivity contribution in [3.8, 4) is 0 Å². The number of hydrogen-bond acceptors (Lipinski definition) is 2. The Bertz CT molecular complexity index is 673. The van der Waals surface area contributed by atoms with Crippen molar-refractivity contribution in [2.45, 2.75) is 20.4 Å². The minimum absolute atomic E-state index is 0.133. The van der Waals surface area contributed by atoms with Crippen molar-refractivity contribution in [3.63, 3.8) is 0 Å². The summed E-state index contributed by atoms with van der Waals surface area (Å²) in [6, 6.07) is 12.6. The lowest BCUT2D eigenvalue weighted by Gasteiger charge is -2.08. The lowest BCUT2D eigenvalue weighted by Crippen LogP contribution is -2.23. The quantitative estimate of drug-likeness (QED) is 0.903. The Morgan fingerprint density at radius 2 is 1.67 bits per heavy atom. The van der Waals surface area contributed by atoms with Gasteiger partial charge in [0, 0.05) is 17.7 Å². The van der Waals surface area contributed by atoms with Crippen LogP contribution in [0.4, 0.5) is 0 Å². The van der Waals surface area contributed by atoms with Gasteiger partial charge in [0.1, 0.15) is 0 Å². The highest BCUT2D eigenvalue weighted by molar-refractivity contribution is 5.95. The van der Waals surface area contributed by atoms with Gasteiger partial charge in [-0.1, -0.05) is 29.3 Å². The molecule has 21 heavy (non-hydrogen) atoms. The largest absolute Gasteiger partial charge is 0.366 e. The van der Waals surface area contributed by atoms with Crippen molar-refractivity contribution in [1.82, 2.24) is 5.32 Å². The summed E-state index contributed by atoms with van der Waals surface area (Å²) < 4.78 is 0. The van der Waals surface area contributed by atoms with Crippen molar-refractivity contribution < 1.29 is 9.59 Å². The minimum atomic E-state index is -0.475. The maximum atomic E-state index is 12.1. The molecule has 0 spiro atoms. The van der Waals surface area contributed by atoms with E-state index in [0.29, 0.717) is 17.7 Å². The molecule has 0 atom stereocenters. The van der Waals surface area contributed by atoms with Crippen molar-refractivity contribution in [3.05, 3.63) is 70.3 Å². The molecular formula is C17H18N2O2. The Labute approximate surface area is 124 Å². The molecular weight excluding hydrogens is 264 g/mol. The van der Waals surface area contributed by atoms with Crippen LogP contribution in [0.1, 0.15) is 37.4 Å². The molecule has 4 heteroatoms. The monoisotopic (exact) mass is 282 g/mol. The van der Waals surface area contributed by atoms with Gasteiger partial charge in [-0.2, -0.15) is 0 Å². The van der Waals surface area contributed by atoms with Gasteiger partial charge >= 0.3 is 0 Å². The van der Waals surface area contributed by atoms with Gasteiger partial charge in [-0.05, 0) is 43.7 Å². The van der Waals surface area contributed by atoms with E-state index in [0.717, 1.165) is 16.7 Å². The molecule has 0 saturated carbocycles. The lowest BCUT2D eigenvalue weighted by atomic mass is 10.1. The van der Waals surface area contributed by atoms with Gasteiger partial charge in [-0.3, -0.25) is 9.59 Å². The molecule has 0 aliphatic heterocycles. The topological polar surface area (TPSA) is 72.2 Å². The summed E-state index contributed by atoms with van der Waals surface area (Å²) in [7, 11) is 0. The van der Waals surface area contributed by atoms with E-state index in [-0.39, 0.29) is 5.91 Å². The zero-order valence-corrected chi connectivity index (χ0v) is 12.1. The molecule has 108 valence electrons. The third kappa shape index (κ3) is 3.92. The van der Waals surface area contributed by atoms with Gasteiger partial charge < -0.3 is 11.1 Å². The van der Waals surface area contributed by atoms with Crippen LogP contribution in [-0.2, 0) is 6.54 Å². The maximum absolute atomic E-state index is 12.1. The minimum Gasteiger partial charge on any atom is -0.366 e. The average Bonchev–Trinajstić information content (AvgIpc) is 2.44. The van der Waals surface area contributed by atoms with Crippen LogP contribution in [-0.4, -0.2) is 11.8 Å². The Kier molecular flexibility index (Phi) is 4.38. The first-order valence-corrected chi connectivity index (χ1v) is 6.71. The number of amides is 2. The van der Waals surface area contributed by atoms with Gasteiger partial charge in [-0.15, -0.1) is 0 Å². The van der Waals surface area contributed by atoms with Gasteiger partial charge in [-0.25, -0.2) is 0 Å². The van der Waals surface area contributed by atoms with E-state index < -0.39 is 5.91 Å². The zero-order chi connectivity index (χ0) is 15.4. The number of aryl methyl sites for hydroxylation is 2. The molecule has 0 aliphatic carbocycles. The van der Waals surface area contributed by atoms with Gasteiger partial charge in [0.25, 0.3) is 5.91 Å². The average molecular weight is 282 g/mol. The normalized spacial score (nSPS) is 10.2. The van der Waals surface area contributed by atoms with Crippen LogP contribution < -0.4 is 11.1 Å². The number of hydrogen-bond donors (Lipinski definition) is 2. The fourth-order valence-electron chi connectivity index (χ4n) is 2.22. The molecule has 0 aliphatic rings. The second-order valence-electron chi connectivity index (χ2n) is 5.12. The molecule has 0 bridgehead atoms. The number of nitrogens with one attached hydrogen (secondary N) is 1. The van der Waals surface area contributed by atoms with Gasteiger partial charge in [0.05, 0.1) is 0 Å². The van der Waals surface area contributed by atoms with Crippen LogP contribution in [0.3, 0.4) is 0 Å². The zero-order valence-electron chi connectivity index (χ0n) is 12.1. The van der Waals surface area contributed by atoms with Crippen LogP contribution >= 0.6 is 0 Å². The van der Waals surface area contributed by atoms with Crippen LogP contribution in [0.2, 0.25) is 0 Å². The highest BCUT2D eigenvalue weighted by Gasteiger charge is 2.07. The standard InChI is InChI=1S/C17H18N2O2/c1-11-6-12(2)8-15(7-11)17(21)19-10-13-4-3-5-14(9-13)16(18)20/h3-9H,10H2,1-2H3,(H2,18,20)(H,19,21). The third-order valence-electron chi connectivity index (χ3n) is 3.15. The summed E-state index contributed by atoms with van der Waals surface area (Å²) in [5, 5.41) is 2.84. The van der Waals surface area contributed by atoms with E-state index in [9.17, 15) is 9.59 Å². The number of rotatable bonds is 4. The molecule has 3 N–H and O–H groups in total. The Morgan fingerprint density at radius 3 is 2.29 bits per heavy atom. The molecule has 0 unspecified atom stereocenters. The van der Waals surface area contributed by atoms with Crippen molar-refractivity contribution >= 4 is 11.8 Å². The van der Waals surface area contributed by atoms with Crippen LogP contribution in [0.15, 0.2) is 42.5 Å². The molecule has 4 nitrogen and oxygen atoms in total. The maximum Gasteiger partial charge on any atom is 0.251 e. The second-order valence-corrected chi connectivity index (χ2v) is 5.12. The lowest BCUT2D eigenvalue weighted by molar-refractivity contribution is 0.0950. The molecule has 2 rings (SSSR count). The smallest absolute Gasteiger partial charge is 0.251 e. The Morgan fingerprint density at radius 1 is 1.00 bits per heavy atom. The van der Waals surface area contributed by atoms with Crippen LogP contribution in [0, 0.1) is 13.8 Å². The van der Waals surface area contributed by atoms with Crippen molar-refractivity contribution in [2.24, 2.45) is 5.73 Å². The second kappa shape index (κ2) is 6.22. The van der Waals surface area contributed by atoms with E-state index in [1.165, 1.54) is 0 Å². The highest BCUT2D eigenvalue weighted by Crippen LogP contribution is 2.09. The first-order valence-electron chi connectivity index (χ1n) is 6.71. The number of benzene rings is 2. The number of primary amides is 1. The van der Waals surface area contributed by atoms with Crippen LogP contribution in [0.25, 0.3) is 0 Å². The van der Waals surface area contributed by atoms with Crippen molar-refractivity contribution in [2.75, 3.05) is 0 Å². The van der Waals surface area contributed by atoms with Gasteiger partial charge in [0.2, 0.25) is 5.91 Å². The predicted molar refractivity (Wildman–Crippen MR) is 82.0 cm³/mol.